The zero-order valence-corrected chi connectivity index (χ0v) is 19.5. The highest BCUT2D eigenvalue weighted by molar-refractivity contribution is 5.70. The number of halogens is 1. The molecule has 1 atom stereocenters. The highest BCUT2D eigenvalue weighted by atomic mass is 19.1. The zero-order valence-electron chi connectivity index (χ0n) is 19.5. The number of pyridine rings is 2. The lowest BCUT2D eigenvalue weighted by atomic mass is 9.79. The molecular formula is C26H33FN2O4. The van der Waals surface area contributed by atoms with Gasteiger partial charge in [-0.2, -0.15) is 0 Å². The quantitative estimate of drug-likeness (QED) is 0.445. The van der Waals surface area contributed by atoms with E-state index in [0.717, 1.165) is 44.1 Å². The lowest BCUT2D eigenvalue weighted by Crippen LogP contribution is -2.20. The number of rotatable bonds is 10. The Hall–Kier alpha value is -2.70. The summed E-state index contributed by atoms with van der Waals surface area (Å²) in [4.78, 5) is 20.2. The van der Waals surface area contributed by atoms with Crippen molar-refractivity contribution in [3.63, 3.8) is 0 Å². The molecule has 0 amide bonds. The van der Waals surface area contributed by atoms with Crippen molar-refractivity contribution in [2.24, 2.45) is 11.8 Å². The fourth-order valence-electron chi connectivity index (χ4n) is 4.87. The second kappa shape index (κ2) is 10.9. The summed E-state index contributed by atoms with van der Waals surface area (Å²) < 4.78 is 30.7. The molecule has 0 unspecified atom stereocenters. The highest BCUT2D eigenvalue weighted by Crippen LogP contribution is 2.45. The molecular weight excluding hydrogens is 423 g/mol. The van der Waals surface area contributed by atoms with Crippen LogP contribution in [-0.2, 0) is 9.53 Å². The van der Waals surface area contributed by atoms with Gasteiger partial charge in [-0.3, -0.25) is 4.79 Å². The Bertz CT molecular complexity index is 942. The topological polar surface area (TPSA) is 70.5 Å². The van der Waals surface area contributed by atoms with Gasteiger partial charge in [-0.05, 0) is 86.3 Å². The number of nitrogens with zero attached hydrogens (tertiary/aromatic N) is 2. The van der Waals surface area contributed by atoms with Gasteiger partial charge in [0.2, 0.25) is 11.8 Å². The molecule has 0 saturated heterocycles. The summed E-state index contributed by atoms with van der Waals surface area (Å²) >= 11 is 0. The second-order valence-corrected chi connectivity index (χ2v) is 9.16. The van der Waals surface area contributed by atoms with Gasteiger partial charge in [-0.1, -0.05) is 0 Å². The van der Waals surface area contributed by atoms with Gasteiger partial charge in [-0.15, -0.1) is 0 Å². The molecule has 0 spiro atoms. The lowest BCUT2D eigenvalue weighted by molar-refractivity contribution is -0.141. The van der Waals surface area contributed by atoms with Crippen LogP contribution in [0.5, 0.6) is 11.8 Å². The molecule has 2 fully saturated rings. The SMILES string of the molecule is CCOc1cc(C2CCC(COc3cc([C@@H](CC(=O)OC)C4CC4)ccn3)CC2)c(F)cn1. The minimum atomic E-state index is -0.253. The number of carbonyl (C=O) groups is 1. The van der Waals surface area contributed by atoms with Crippen LogP contribution in [0, 0.1) is 17.7 Å². The molecule has 0 aliphatic heterocycles. The van der Waals surface area contributed by atoms with Crippen molar-refractivity contribution in [2.45, 2.75) is 63.7 Å². The van der Waals surface area contributed by atoms with Crippen LogP contribution in [0.1, 0.15) is 74.8 Å². The third kappa shape index (κ3) is 6.21. The van der Waals surface area contributed by atoms with Crippen LogP contribution >= 0.6 is 0 Å². The highest BCUT2D eigenvalue weighted by Gasteiger charge is 2.34. The normalized spacial score (nSPS) is 21.3. The van der Waals surface area contributed by atoms with E-state index in [2.05, 4.69) is 9.97 Å². The van der Waals surface area contributed by atoms with Crippen LogP contribution in [-0.4, -0.2) is 36.3 Å². The Kier molecular flexibility index (Phi) is 7.78. The molecule has 178 valence electrons. The van der Waals surface area contributed by atoms with Crippen LogP contribution in [0.15, 0.2) is 30.6 Å². The predicted molar refractivity (Wildman–Crippen MR) is 122 cm³/mol. The molecule has 2 aliphatic rings. The van der Waals surface area contributed by atoms with E-state index in [0.29, 0.717) is 48.8 Å². The van der Waals surface area contributed by atoms with Crippen molar-refractivity contribution in [3.05, 3.63) is 47.5 Å². The zero-order chi connectivity index (χ0) is 23.2. The smallest absolute Gasteiger partial charge is 0.306 e. The third-order valence-corrected chi connectivity index (χ3v) is 6.90. The van der Waals surface area contributed by atoms with Crippen LogP contribution < -0.4 is 9.47 Å². The van der Waals surface area contributed by atoms with Crippen molar-refractivity contribution in [2.75, 3.05) is 20.3 Å². The molecule has 2 heterocycles. The summed E-state index contributed by atoms with van der Waals surface area (Å²) in [6.07, 6.45) is 9.49. The van der Waals surface area contributed by atoms with Crippen molar-refractivity contribution in [3.8, 4) is 11.8 Å². The number of esters is 1. The third-order valence-electron chi connectivity index (χ3n) is 6.90. The number of carbonyl (C=O) groups excluding carboxylic acids is 1. The maximum Gasteiger partial charge on any atom is 0.306 e. The van der Waals surface area contributed by atoms with Gasteiger partial charge in [-0.25, -0.2) is 14.4 Å². The molecule has 33 heavy (non-hydrogen) atoms. The first-order valence-electron chi connectivity index (χ1n) is 12.0. The van der Waals surface area contributed by atoms with E-state index in [1.165, 1.54) is 13.3 Å². The first-order valence-corrected chi connectivity index (χ1v) is 12.0. The van der Waals surface area contributed by atoms with Crippen molar-refractivity contribution < 1.29 is 23.4 Å². The predicted octanol–water partition coefficient (Wildman–Crippen LogP) is 5.42. The van der Waals surface area contributed by atoms with Gasteiger partial charge in [0.05, 0.1) is 32.9 Å². The fourth-order valence-corrected chi connectivity index (χ4v) is 4.87. The van der Waals surface area contributed by atoms with Gasteiger partial charge >= 0.3 is 5.97 Å². The molecule has 0 aromatic carbocycles. The molecule has 0 radical (unpaired) electrons. The molecule has 0 N–H and O–H groups in total. The van der Waals surface area contributed by atoms with E-state index in [4.69, 9.17) is 14.2 Å². The summed E-state index contributed by atoms with van der Waals surface area (Å²) in [5, 5.41) is 0. The summed E-state index contributed by atoms with van der Waals surface area (Å²) in [6, 6.07) is 5.70. The molecule has 0 bridgehead atoms. The molecule has 2 saturated carbocycles. The minimum Gasteiger partial charge on any atom is -0.478 e. The molecule has 6 nitrogen and oxygen atoms in total. The van der Waals surface area contributed by atoms with E-state index in [1.807, 2.05) is 19.1 Å². The maximum atomic E-state index is 14.3. The van der Waals surface area contributed by atoms with E-state index < -0.39 is 0 Å². The van der Waals surface area contributed by atoms with E-state index in [-0.39, 0.29) is 23.6 Å². The second-order valence-electron chi connectivity index (χ2n) is 9.16. The van der Waals surface area contributed by atoms with Crippen LogP contribution in [0.2, 0.25) is 0 Å². The van der Waals surface area contributed by atoms with Gasteiger partial charge in [0.1, 0.15) is 5.82 Å². The van der Waals surface area contributed by atoms with Gasteiger partial charge < -0.3 is 14.2 Å². The monoisotopic (exact) mass is 456 g/mol. The number of aromatic nitrogens is 2. The van der Waals surface area contributed by atoms with E-state index >= 15 is 0 Å². The Morgan fingerprint density at radius 1 is 1.09 bits per heavy atom. The molecule has 2 aromatic heterocycles. The minimum absolute atomic E-state index is 0.162. The van der Waals surface area contributed by atoms with Crippen LogP contribution in [0.4, 0.5) is 4.39 Å². The Morgan fingerprint density at radius 2 is 1.85 bits per heavy atom. The Morgan fingerprint density at radius 3 is 2.55 bits per heavy atom. The van der Waals surface area contributed by atoms with Crippen LogP contribution in [0.3, 0.4) is 0 Å². The molecule has 7 heteroatoms. The molecule has 4 rings (SSSR count). The average Bonchev–Trinajstić information content (AvgIpc) is 3.68. The number of ether oxygens (including phenoxy) is 3. The summed E-state index contributed by atoms with van der Waals surface area (Å²) in [5.74, 6) is 1.95. The van der Waals surface area contributed by atoms with Crippen LogP contribution in [0.25, 0.3) is 0 Å². The number of hydrogen-bond acceptors (Lipinski definition) is 6. The Balaban J connectivity index is 1.31. The van der Waals surface area contributed by atoms with Gasteiger partial charge in [0.15, 0.2) is 0 Å². The maximum absolute atomic E-state index is 14.3. The summed E-state index contributed by atoms with van der Waals surface area (Å²) in [5.41, 5.74) is 1.80. The van der Waals surface area contributed by atoms with Crippen molar-refractivity contribution >= 4 is 5.97 Å². The van der Waals surface area contributed by atoms with E-state index in [1.54, 1.807) is 12.3 Å². The summed E-state index contributed by atoms with van der Waals surface area (Å²) in [6.45, 7) is 3.00. The van der Waals surface area contributed by atoms with Crippen molar-refractivity contribution in [1.82, 2.24) is 9.97 Å². The fraction of sp³-hybridized carbons (Fsp3) is 0.577. The molecule has 2 aliphatic carbocycles. The number of methoxy groups -OCH3 is 1. The Labute approximate surface area is 194 Å². The lowest BCUT2D eigenvalue weighted by Gasteiger charge is -2.29. The van der Waals surface area contributed by atoms with Gasteiger partial charge in [0, 0.05) is 18.3 Å². The first kappa shape index (κ1) is 23.5. The first-order chi connectivity index (χ1) is 16.1. The largest absolute Gasteiger partial charge is 0.478 e. The van der Waals surface area contributed by atoms with E-state index in [9.17, 15) is 9.18 Å². The van der Waals surface area contributed by atoms with Crippen molar-refractivity contribution in [1.29, 1.82) is 0 Å². The summed E-state index contributed by atoms with van der Waals surface area (Å²) in [7, 11) is 1.43. The standard InChI is InChI=1S/C26H33FN2O4/c1-3-32-25-13-22(23(27)15-29-25)19-6-4-17(5-7-19)16-33-24-12-20(10-11-28-24)21(18-8-9-18)14-26(30)31-2/h10-13,15,17-19,21H,3-9,14,16H2,1-2H3/t17?,19?,21-/m0/s1. The molecule has 2 aromatic rings. The average molecular weight is 457 g/mol. The van der Waals surface area contributed by atoms with Gasteiger partial charge in [0.25, 0.3) is 0 Å². The number of hydrogen-bond donors (Lipinski definition) is 0.